The van der Waals surface area contributed by atoms with Crippen molar-refractivity contribution in [2.75, 3.05) is 24.6 Å². The molecule has 4 rings (SSSR count). The summed E-state index contributed by atoms with van der Waals surface area (Å²) in [7, 11) is 0. The summed E-state index contributed by atoms with van der Waals surface area (Å²) in [6.45, 7) is 1.45. The van der Waals surface area contributed by atoms with Gasteiger partial charge >= 0.3 is 6.18 Å². The van der Waals surface area contributed by atoms with Crippen LogP contribution in [0.2, 0.25) is 0 Å². The summed E-state index contributed by atoms with van der Waals surface area (Å²) >= 11 is 0. The number of tetrazole rings is 1. The molecule has 2 aromatic carbocycles. The third-order valence-corrected chi connectivity index (χ3v) is 4.41. The number of benzene rings is 2. The van der Waals surface area contributed by atoms with E-state index in [-0.39, 0.29) is 6.10 Å². The van der Waals surface area contributed by atoms with Gasteiger partial charge in [0, 0.05) is 6.54 Å². The summed E-state index contributed by atoms with van der Waals surface area (Å²) in [5.74, 6) is 0.571. The van der Waals surface area contributed by atoms with Crippen molar-refractivity contribution in [1.29, 1.82) is 0 Å². The first-order chi connectivity index (χ1) is 13.0. The average molecular weight is 375 g/mol. The maximum absolute atomic E-state index is 12.8. The molecule has 1 aliphatic heterocycles. The minimum Gasteiger partial charge on any atom is -0.370 e. The maximum atomic E-state index is 12.8. The van der Waals surface area contributed by atoms with E-state index < -0.39 is 11.7 Å². The minimum absolute atomic E-state index is 0.359. The third-order valence-electron chi connectivity index (χ3n) is 4.41. The zero-order valence-electron chi connectivity index (χ0n) is 14.2. The molecule has 6 nitrogen and oxygen atoms in total. The Kier molecular flexibility index (Phi) is 4.53. The first-order valence-electron chi connectivity index (χ1n) is 8.40. The first kappa shape index (κ1) is 17.5. The predicted molar refractivity (Wildman–Crippen MR) is 91.5 cm³/mol. The van der Waals surface area contributed by atoms with Gasteiger partial charge in [-0.15, -0.1) is 0 Å². The van der Waals surface area contributed by atoms with Gasteiger partial charge in [-0.1, -0.05) is 35.4 Å². The molecule has 1 saturated heterocycles. The van der Waals surface area contributed by atoms with Crippen molar-refractivity contribution in [3.05, 3.63) is 65.7 Å². The standard InChI is InChI=1S/C18H16F3N5O/c19-18(20,21)14-8-6-13(7-9-14)16-12-25(10-11-27-16)17-22-23-24-26(17)15-4-2-1-3-5-15/h1-9,16H,10-12H2. The zero-order chi connectivity index (χ0) is 18.9. The molecule has 1 atom stereocenters. The molecule has 1 aliphatic rings. The smallest absolute Gasteiger partial charge is 0.370 e. The highest BCUT2D eigenvalue weighted by atomic mass is 19.4. The predicted octanol–water partition coefficient (Wildman–Crippen LogP) is 3.26. The Labute approximate surface area is 153 Å². The van der Waals surface area contributed by atoms with Gasteiger partial charge in [0.15, 0.2) is 0 Å². The van der Waals surface area contributed by atoms with Gasteiger partial charge in [0.05, 0.1) is 24.4 Å². The second-order valence-corrected chi connectivity index (χ2v) is 6.15. The topological polar surface area (TPSA) is 56.1 Å². The Morgan fingerprint density at radius 3 is 2.44 bits per heavy atom. The Bertz CT molecular complexity index is 895. The van der Waals surface area contributed by atoms with Gasteiger partial charge in [-0.3, -0.25) is 0 Å². The monoisotopic (exact) mass is 375 g/mol. The van der Waals surface area contributed by atoms with Gasteiger partial charge < -0.3 is 9.64 Å². The molecule has 140 valence electrons. The van der Waals surface area contributed by atoms with E-state index in [4.69, 9.17) is 4.74 Å². The lowest BCUT2D eigenvalue weighted by atomic mass is 10.1. The zero-order valence-corrected chi connectivity index (χ0v) is 14.2. The summed E-state index contributed by atoms with van der Waals surface area (Å²) in [5.41, 5.74) is 0.841. The van der Waals surface area contributed by atoms with Crippen molar-refractivity contribution in [1.82, 2.24) is 20.2 Å². The van der Waals surface area contributed by atoms with E-state index in [1.807, 2.05) is 35.2 Å². The van der Waals surface area contributed by atoms with Crippen molar-refractivity contribution in [2.24, 2.45) is 0 Å². The van der Waals surface area contributed by atoms with E-state index in [0.29, 0.717) is 31.2 Å². The van der Waals surface area contributed by atoms with Crippen molar-refractivity contribution in [3.8, 4) is 5.69 Å². The highest BCUT2D eigenvalue weighted by molar-refractivity contribution is 5.41. The Morgan fingerprint density at radius 2 is 1.74 bits per heavy atom. The Balaban J connectivity index is 1.55. The molecule has 1 fully saturated rings. The number of aromatic nitrogens is 4. The first-order valence-corrected chi connectivity index (χ1v) is 8.40. The van der Waals surface area contributed by atoms with Gasteiger partial charge in [0.2, 0.25) is 0 Å². The van der Waals surface area contributed by atoms with Gasteiger partial charge in [-0.05, 0) is 40.3 Å². The molecule has 2 heterocycles. The molecule has 0 bridgehead atoms. The van der Waals surface area contributed by atoms with Crippen LogP contribution in [-0.4, -0.2) is 39.9 Å². The highest BCUT2D eigenvalue weighted by Crippen LogP contribution is 2.31. The minimum atomic E-state index is -4.35. The van der Waals surface area contributed by atoms with Crippen LogP contribution in [0.3, 0.4) is 0 Å². The van der Waals surface area contributed by atoms with E-state index >= 15 is 0 Å². The van der Waals surface area contributed by atoms with Crippen LogP contribution in [-0.2, 0) is 10.9 Å². The van der Waals surface area contributed by atoms with Crippen LogP contribution in [0.5, 0.6) is 0 Å². The molecule has 0 aliphatic carbocycles. The number of ether oxygens (including phenoxy) is 1. The maximum Gasteiger partial charge on any atom is 0.416 e. The average Bonchev–Trinajstić information content (AvgIpc) is 3.18. The highest BCUT2D eigenvalue weighted by Gasteiger charge is 2.31. The number of hydrogen-bond acceptors (Lipinski definition) is 5. The number of alkyl halides is 3. The number of morpholine rings is 1. The van der Waals surface area contributed by atoms with Crippen LogP contribution in [0.25, 0.3) is 5.69 Å². The SMILES string of the molecule is FC(F)(F)c1ccc(C2CN(c3nnnn3-c3ccccc3)CCO2)cc1. The van der Waals surface area contributed by atoms with Crippen LogP contribution in [0.4, 0.5) is 19.1 Å². The number of anilines is 1. The molecule has 9 heteroatoms. The number of rotatable bonds is 3. The van der Waals surface area contributed by atoms with E-state index in [1.165, 1.54) is 12.1 Å². The quantitative estimate of drug-likeness (QED) is 0.703. The molecule has 0 radical (unpaired) electrons. The van der Waals surface area contributed by atoms with Crippen molar-refractivity contribution < 1.29 is 17.9 Å². The fourth-order valence-electron chi connectivity index (χ4n) is 3.04. The van der Waals surface area contributed by atoms with Crippen LogP contribution in [0, 0.1) is 0 Å². The Morgan fingerprint density at radius 1 is 1.00 bits per heavy atom. The summed E-state index contributed by atoms with van der Waals surface area (Å²) < 4.78 is 45.6. The summed E-state index contributed by atoms with van der Waals surface area (Å²) in [6, 6.07) is 14.5. The summed E-state index contributed by atoms with van der Waals surface area (Å²) in [5, 5.41) is 11.9. The lowest BCUT2D eigenvalue weighted by Crippen LogP contribution is -2.39. The molecule has 27 heavy (non-hydrogen) atoms. The van der Waals surface area contributed by atoms with Crippen LogP contribution < -0.4 is 4.90 Å². The fraction of sp³-hybridized carbons (Fsp3) is 0.278. The van der Waals surface area contributed by atoms with Gasteiger partial charge in [0.1, 0.15) is 6.10 Å². The number of nitrogens with zero attached hydrogens (tertiary/aromatic N) is 5. The van der Waals surface area contributed by atoms with Crippen LogP contribution >= 0.6 is 0 Å². The molecule has 0 saturated carbocycles. The summed E-state index contributed by atoms with van der Waals surface area (Å²) in [6.07, 6.45) is -4.71. The normalized spacial score (nSPS) is 17.9. The lowest BCUT2D eigenvalue weighted by Gasteiger charge is -2.33. The van der Waals surface area contributed by atoms with E-state index in [1.54, 1.807) is 4.68 Å². The fourth-order valence-corrected chi connectivity index (χ4v) is 3.04. The van der Waals surface area contributed by atoms with Crippen molar-refractivity contribution in [2.45, 2.75) is 12.3 Å². The van der Waals surface area contributed by atoms with Crippen molar-refractivity contribution in [3.63, 3.8) is 0 Å². The number of hydrogen-bond donors (Lipinski definition) is 0. The second-order valence-electron chi connectivity index (χ2n) is 6.15. The Hall–Kier alpha value is -2.94. The molecule has 1 aromatic heterocycles. The summed E-state index contributed by atoms with van der Waals surface area (Å²) in [4.78, 5) is 1.97. The van der Waals surface area contributed by atoms with E-state index in [2.05, 4.69) is 15.5 Å². The number of halogens is 3. The second kappa shape index (κ2) is 6.99. The van der Waals surface area contributed by atoms with Crippen molar-refractivity contribution >= 4 is 5.95 Å². The largest absolute Gasteiger partial charge is 0.416 e. The molecule has 0 N–H and O–H groups in total. The van der Waals surface area contributed by atoms with E-state index in [0.717, 1.165) is 17.8 Å². The molecule has 0 amide bonds. The van der Waals surface area contributed by atoms with E-state index in [9.17, 15) is 13.2 Å². The van der Waals surface area contributed by atoms with Crippen LogP contribution in [0.15, 0.2) is 54.6 Å². The van der Waals surface area contributed by atoms with Crippen LogP contribution in [0.1, 0.15) is 17.2 Å². The molecule has 3 aromatic rings. The van der Waals surface area contributed by atoms with Gasteiger partial charge in [-0.2, -0.15) is 17.9 Å². The molecular weight excluding hydrogens is 359 g/mol. The third kappa shape index (κ3) is 3.63. The molecular formula is C18H16F3N5O. The van der Waals surface area contributed by atoms with Gasteiger partial charge in [0.25, 0.3) is 5.95 Å². The molecule has 0 spiro atoms. The lowest BCUT2D eigenvalue weighted by molar-refractivity contribution is -0.137. The van der Waals surface area contributed by atoms with Gasteiger partial charge in [-0.25, -0.2) is 0 Å². The number of para-hydroxylation sites is 1. The molecule has 1 unspecified atom stereocenters.